The summed E-state index contributed by atoms with van der Waals surface area (Å²) >= 11 is 6.42. The third kappa shape index (κ3) is 5.53. The largest absolute Gasteiger partial charge is 0.466 e. The molecule has 1 aliphatic carbocycles. The van der Waals surface area contributed by atoms with Gasteiger partial charge >= 0.3 is 5.97 Å². The summed E-state index contributed by atoms with van der Waals surface area (Å²) in [5, 5.41) is 3.07. The van der Waals surface area contributed by atoms with Crippen molar-refractivity contribution in [3.8, 4) is 0 Å². The van der Waals surface area contributed by atoms with Gasteiger partial charge in [0.1, 0.15) is 0 Å². The van der Waals surface area contributed by atoms with E-state index in [1.807, 2.05) is 19.9 Å². The lowest BCUT2D eigenvalue weighted by Crippen LogP contribution is -2.29. The zero-order valence-electron chi connectivity index (χ0n) is 15.8. The van der Waals surface area contributed by atoms with Gasteiger partial charge in [-0.2, -0.15) is 0 Å². The molecule has 0 heterocycles. The van der Waals surface area contributed by atoms with Crippen molar-refractivity contribution in [2.75, 3.05) is 18.5 Å². The molecule has 7 heteroatoms. The first-order chi connectivity index (χ1) is 12.9. The van der Waals surface area contributed by atoms with Crippen molar-refractivity contribution in [1.82, 2.24) is 0 Å². The number of nitrogens with two attached hydrogens (primary N) is 1. The molecule has 0 radical (unpaired) electrons. The van der Waals surface area contributed by atoms with Crippen molar-refractivity contribution in [3.05, 3.63) is 28.8 Å². The van der Waals surface area contributed by atoms with Gasteiger partial charge in [0.2, 0.25) is 5.78 Å². The monoisotopic (exact) mass is 394 g/mol. The Kier molecular flexibility index (Phi) is 7.80. The van der Waals surface area contributed by atoms with Gasteiger partial charge in [0.15, 0.2) is 0 Å². The minimum Gasteiger partial charge on any atom is -0.466 e. The van der Waals surface area contributed by atoms with Gasteiger partial charge in [-0.25, -0.2) is 0 Å². The molecule has 1 aliphatic rings. The van der Waals surface area contributed by atoms with Gasteiger partial charge in [0, 0.05) is 10.7 Å². The first-order valence-electron chi connectivity index (χ1n) is 9.37. The summed E-state index contributed by atoms with van der Waals surface area (Å²) in [6.07, 6.45) is 3.80. The molecule has 3 N–H and O–H groups in total. The molecule has 1 amide bonds. The number of halogens is 1. The maximum absolute atomic E-state index is 11.9. The number of ketones is 1. The maximum Gasteiger partial charge on any atom is 0.308 e. The van der Waals surface area contributed by atoms with Crippen molar-refractivity contribution in [2.45, 2.75) is 45.4 Å². The van der Waals surface area contributed by atoms with Crippen LogP contribution in [0.25, 0.3) is 0 Å². The fraction of sp³-hybridized carbons (Fsp3) is 0.550. The SMILES string of the molecule is CCOC(=O)C(C)C1CCC(c2ccc(NC(=O)C(=O)CN)cc2Cl)CC1. The minimum atomic E-state index is -0.741. The third-order valence-corrected chi connectivity index (χ3v) is 5.60. The molecular weight excluding hydrogens is 368 g/mol. The van der Waals surface area contributed by atoms with Crippen molar-refractivity contribution in [3.63, 3.8) is 0 Å². The third-order valence-electron chi connectivity index (χ3n) is 5.27. The molecule has 0 aliphatic heterocycles. The zero-order valence-corrected chi connectivity index (χ0v) is 16.6. The summed E-state index contributed by atoms with van der Waals surface area (Å²) in [5.41, 5.74) is 6.68. The van der Waals surface area contributed by atoms with Gasteiger partial charge in [-0.05, 0) is 62.1 Å². The van der Waals surface area contributed by atoms with Crippen molar-refractivity contribution < 1.29 is 19.1 Å². The number of rotatable bonds is 7. The Balaban J connectivity index is 1.97. The van der Waals surface area contributed by atoms with E-state index in [4.69, 9.17) is 22.1 Å². The Morgan fingerprint density at radius 2 is 1.93 bits per heavy atom. The molecular formula is C20H27ClN2O4. The molecule has 1 unspecified atom stereocenters. The number of anilines is 1. The van der Waals surface area contributed by atoms with Gasteiger partial charge in [-0.3, -0.25) is 14.4 Å². The number of esters is 1. The predicted molar refractivity (Wildman–Crippen MR) is 105 cm³/mol. The van der Waals surface area contributed by atoms with E-state index in [1.54, 1.807) is 12.1 Å². The van der Waals surface area contributed by atoms with Crippen molar-refractivity contribution in [1.29, 1.82) is 0 Å². The number of hydrogen-bond donors (Lipinski definition) is 2. The zero-order chi connectivity index (χ0) is 20.0. The van der Waals surface area contributed by atoms with Crippen LogP contribution in [0.1, 0.15) is 51.0 Å². The van der Waals surface area contributed by atoms with Crippen molar-refractivity contribution >= 4 is 34.9 Å². The number of carbonyl (C=O) groups is 3. The summed E-state index contributed by atoms with van der Waals surface area (Å²) in [6, 6.07) is 5.30. The second-order valence-corrected chi connectivity index (χ2v) is 7.38. The molecule has 1 fully saturated rings. The first kappa shape index (κ1) is 21.4. The number of ether oxygens (including phenoxy) is 1. The normalized spacial score (nSPS) is 20.6. The Labute approximate surface area is 164 Å². The first-order valence-corrected chi connectivity index (χ1v) is 9.75. The molecule has 1 saturated carbocycles. The van der Waals surface area contributed by atoms with E-state index in [2.05, 4.69) is 5.32 Å². The van der Waals surface area contributed by atoms with Crippen LogP contribution in [0.15, 0.2) is 18.2 Å². The molecule has 148 valence electrons. The second-order valence-electron chi connectivity index (χ2n) is 6.97. The second kappa shape index (κ2) is 9.85. The van der Waals surface area contributed by atoms with Crippen LogP contribution in [0, 0.1) is 11.8 Å². The van der Waals surface area contributed by atoms with Gasteiger partial charge in [0.05, 0.1) is 19.1 Å². The fourth-order valence-electron chi connectivity index (χ4n) is 3.63. The summed E-state index contributed by atoms with van der Waals surface area (Å²) < 4.78 is 5.13. The van der Waals surface area contributed by atoms with E-state index in [1.165, 1.54) is 0 Å². The van der Waals surface area contributed by atoms with Gasteiger partial charge in [-0.15, -0.1) is 0 Å². The van der Waals surface area contributed by atoms with E-state index in [0.717, 1.165) is 31.2 Å². The lowest BCUT2D eigenvalue weighted by atomic mass is 9.74. The highest BCUT2D eigenvalue weighted by Crippen LogP contribution is 2.41. The lowest BCUT2D eigenvalue weighted by Gasteiger charge is -2.32. The van der Waals surface area contributed by atoms with Crippen LogP contribution in [0.2, 0.25) is 5.02 Å². The van der Waals surface area contributed by atoms with E-state index in [9.17, 15) is 14.4 Å². The minimum absolute atomic E-state index is 0.0842. The Morgan fingerprint density at radius 1 is 1.26 bits per heavy atom. The molecule has 1 atom stereocenters. The van der Waals surface area contributed by atoms with Crippen molar-refractivity contribution in [2.24, 2.45) is 17.6 Å². The molecule has 2 rings (SSSR count). The molecule has 27 heavy (non-hydrogen) atoms. The summed E-state index contributed by atoms with van der Waals surface area (Å²) in [7, 11) is 0. The number of hydrogen-bond acceptors (Lipinski definition) is 5. The van der Waals surface area contributed by atoms with Gasteiger partial charge < -0.3 is 15.8 Å². The topological polar surface area (TPSA) is 98.5 Å². The number of benzene rings is 1. The van der Waals surface area contributed by atoms with Crippen LogP contribution in [-0.2, 0) is 19.1 Å². The molecule has 0 aromatic heterocycles. The standard InChI is InChI=1S/C20H27ClN2O4/c1-3-27-20(26)12(2)13-4-6-14(7-5-13)16-9-8-15(10-17(16)21)23-19(25)18(24)11-22/h8-10,12-14H,3-7,11,22H2,1-2H3,(H,23,25). The van der Waals surface area contributed by atoms with Crippen LogP contribution < -0.4 is 11.1 Å². The molecule has 0 spiro atoms. The number of carbonyl (C=O) groups excluding carboxylic acids is 3. The Morgan fingerprint density at radius 3 is 2.48 bits per heavy atom. The van der Waals surface area contributed by atoms with E-state index < -0.39 is 11.7 Å². The highest BCUT2D eigenvalue weighted by Gasteiger charge is 2.31. The smallest absolute Gasteiger partial charge is 0.308 e. The number of Topliss-reactive ketones (excluding diaryl/α,β-unsaturated/α-hetero) is 1. The fourth-order valence-corrected chi connectivity index (χ4v) is 3.96. The lowest BCUT2D eigenvalue weighted by molar-refractivity contribution is -0.149. The predicted octanol–water partition coefficient (Wildman–Crippen LogP) is 3.28. The number of amides is 1. The molecule has 6 nitrogen and oxygen atoms in total. The van der Waals surface area contributed by atoms with Gasteiger partial charge in [0.25, 0.3) is 5.91 Å². The highest BCUT2D eigenvalue weighted by molar-refractivity contribution is 6.41. The molecule has 1 aromatic rings. The quantitative estimate of drug-likeness (QED) is 0.546. The van der Waals surface area contributed by atoms with E-state index in [-0.39, 0.29) is 18.4 Å². The van der Waals surface area contributed by atoms with Crippen LogP contribution in [0.5, 0.6) is 0 Å². The van der Waals surface area contributed by atoms with Gasteiger partial charge in [-0.1, -0.05) is 24.6 Å². The Hall–Kier alpha value is -1.92. The molecule has 1 aromatic carbocycles. The van der Waals surface area contributed by atoms with Crippen LogP contribution in [0.4, 0.5) is 5.69 Å². The average molecular weight is 395 g/mol. The Bertz CT molecular complexity index is 699. The summed E-state index contributed by atoms with van der Waals surface area (Å²) in [5.74, 6) is -0.970. The van der Waals surface area contributed by atoms with E-state index >= 15 is 0 Å². The molecule has 0 bridgehead atoms. The van der Waals surface area contributed by atoms with Crippen LogP contribution in [0.3, 0.4) is 0 Å². The highest BCUT2D eigenvalue weighted by atomic mass is 35.5. The maximum atomic E-state index is 11.9. The summed E-state index contributed by atoms with van der Waals surface area (Å²) in [4.78, 5) is 34.8. The van der Waals surface area contributed by atoms with Crippen LogP contribution >= 0.6 is 11.6 Å². The average Bonchev–Trinajstić information content (AvgIpc) is 2.67. The van der Waals surface area contributed by atoms with Crippen LogP contribution in [-0.4, -0.2) is 30.8 Å². The summed E-state index contributed by atoms with van der Waals surface area (Å²) in [6.45, 7) is 3.84. The number of nitrogens with one attached hydrogen (secondary N) is 1. The molecule has 0 saturated heterocycles. The van der Waals surface area contributed by atoms with E-state index in [0.29, 0.717) is 29.2 Å².